The Morgan fingerprint density at radius 2 is 1.53 bits per heavy atom. The highest BCUT2D eigenvalue weighted by Gasteiger charge is 2.33. The first-order chi connectivity index (χ1) is 16.8. The molecule has 0 unspecified atom stereocenters. The Bertz CT molecular complexity index is 1190. The molecular weight excluding hydrogens is 568 g/mol. The van der Waals surface area contributed by atoms with E-state index >= 15 is 0 Å². The molecule has 36 heavy (non-hydrogen) atoms. The summed E-state index contributed by atoms with van der Waals surface area (Å²) in [4.78, 5) is 28.1. The van der Waals surface area contributed by atoms with Crippen molar-refractivity contribution in [3.8, 4) is 0 Å². The van der Waals surface area contributed by atoms with Gasteiger partial charge in [-0.1, -0.05) is 79.3 Å². The molecule has 12 heteroatoms. The Morgan fingerprint density at radius 1 is 0.972 bits per heavy atom. The predicted octanol–water partition coefficient (Wildman–Crippen LogP) is 5.65. The van der Waals surface area contributed by atoms with Gasteiger partial charge in [0, 0.05) is 28.7 Å². The molecular formula is C24H29Cl4N3O4S. The lowest BCUT2D eigenvalue weighted by molar-refractivity contribution is -0.140. The molecule has 0 radical (unpaired) electrons. The third kappa shape index (κ3) is 7.89. The first-order valence-electron chi connectivity index (χ1n) is 11.2. The van der Waals surface area contributed by atoms with Gasteiger partial charge in [-0.05, 0) is 36.6 Å². The van der Waals surface area contributed by atoms with Gasteiger partial charge in [0.1, 0.15) is 12.6 Å². The molecule has 0 saturated heterocycles. The molecule has 1 atom stereocenters. The van der Waals surface area contributed by atoms with E-state index in [2.05, 4.69) is 5.32 Å². The van der Waals surface area contributed by atoms with Gasteiger partial charge in [0.25, 0.3) is 0 Å². The van der Waals surface area contributed by atoms with E-state index in [1.807, 2.05) is 13.8 Å². The van der Waals surface area contributed by atoms with Crippen LogP contribution < -0.4 is 9.62 Å². The van der Waals surface area contributed by atoms with Gasteiger partial charge < -0.3 is 10.2 Å². The van der Waals surface area contributed by atoms with Crippen LogP contribution in [-0.4, -0.2) is 50.5 Å². The van der Waals surface area contributed by atoms with Crippen molar-refractivity contribution in [1.29, 1.82) is 0 Å². The number of benzene rings is 2. The lowest BCUT2D eigenvalue weighted by Gasteiger charge is -2.33. The molecule has 7 nitrogen and oxygen atoms in total. The van der Waals surface area contributed by atoms with E-state index < -0.39 is 28.5 Å². The summed E-state index contributed by atoms with van der Waals surface area (Å²) in [6.45, 7) is 5.35. The Kier molecular flexibility index (Phi) is 11.2. The van der Waals surface area contributed by atoms with Crippen molar-refractivity contribution in [3.05, 3.63) is 62.1 Å². The monoisotopic (exact) mass is 595 g/mol. The van der Waals surface area contributed by atoms with Crippen molar-refractivity contribution in [3.63, 3.8) is 0 Å². The van der Waals surface area contributed by atoms with Crippen molar-refractivity contribution < 1.29 is 18.0 Å². The highest BCUT2D eigenvalue weighted by Crippen LogP contribution is 2.34. The van der Waals surface area contributed by atoms with Crippen LogP contribution >= 0.6 is 46.4 Å². The summed E-state index contributed by atoms with van der Waals surface area (Å²) in [5, 5.41) is 3.60. The minimum absolute atomic E-state index is 0.0141. The van der Waals surface area contributed by atoms with Crippen molar-refractivity contribution in [1.82, 2.24) is 10.2 Å². The van der Waals surface area contributed by atoms with Gasteiger partial charge in [0.2, 0.25) is 21.8 Å². The van der Waals surface area contributed by atoms with Gasteiger partial charge in [-0.3, -0.25) is 13.9 Å². The topological polar surface area (TPSA) is 86.8 Å². The van der Waals surface area contributed by atoms with Crippen LogP contribution in [0.1, 0.15) is 32.8 Å². The lowest BCUT2D eigenvalue weighted by Crippen LogP contribution is -2.52. The number of hydrogen-bond acceptors (Lipinski definition) is 4. The average Bonchev–Trinajstić information content (AvgIpc) is 2.79. The zero-order valence-corrected chi connectivity index (χ0v) is 24.2. The predicted molar refractivity (Wildman–Crippen MR) is 148 cm³/mol. The molecule has 0 saturated carbocycles. The third-order valence-electron chi connectivity index (χ3n) is 5.34. The largest absolute Gasteiger partial charge is 0.354 e. The van der Waals surface area contributed by atoms with Crippen LogP contribution in [0.5, 0.6) is 0 Å². The fourth-order valence-corrected chi connectivity index (χ4v) is 5.29. The quantitative estimate of drug-likeness (QED) is 0.363. The molecule has 2 rings (SSSR count). The van der Waals surface area contributed by atoms with Gasteiger partial charge in [-0.15, -0.1) is 0 Å². The smallest absolute Gasteiger partial charge is 0.244 e. The van der Waals surface area contributed by atoms with Crippen molar-refractivity contribution in [2.45, 2.75) is 39.8 Å². The van der Waals surface area contributed by atoms with E-state index in [0.29, 0.717) is 22.2 Å². The highest BCUT2D eigenvalue weighted by molar-refractivity contribution is 7.92. The van der Waals surface area contributed by atoms with Crippen molar-refractivity contribution >= 4 is 73.9 Å². The number of carbonyl (C=O) groups excluding carboxylic acids is 2. The molecule has 1 N–H and O–H groups in total. The number of carbonyl (C=O) groups is 2. The Labute approximate surface area is 232 Å². The molecule has 0 spiro atoms. The number of hydrogen-bond donors (Lipinski definition) is 1. The number of rotatable bonds is 11. The molecule has 0 aliphatic carbocycles. The molecule has 2 amide bonds. The molecule has 0 bridgehead atoms. The normalized spacial score (nSPS) is 12.4. The number of nitrogens with one attached hydrogen (secondary N) is 1. The van der Waals surface area contributed by atoms with Crippen LogP contribution in [0, 0.1) is 5.92 Å². The second-order valence-corrected chi connectivity index (χ2v) is 12.1. The van der Waals surface area contributed by atoms with Crippen LogP contribution in [0.3, 0.4) is 0 Å². The van der Waals surface area contributed by atoms with Crippen LogP contribution in [0.15, 0.2) is 36.4 Å². The standard InChI is InChI=1S/C24H29Cl4N3O4S/c1-5-20(24(33)29-12-15(2)3)30(13-16-17(25)8-6-9-18(16)26)22(32)14-31(36(4,34)35)21-11-7-10-19(27)23(21)28/h6-11,15,20H,5,12-14H2,1-4H3,(H,29,33)/t20-/m0/s1. The molecule has 2 aromatic carbocycles. The summed E-state index contributed by atoms with van der Waals surface area (Å²) in [5.74, 6) is -0.812. The first-order valence-corrected chi connectivity index (χ1v) is 14.6. The summed E-state index contributed by atoms with van der Waals surface area (Å²) >= 11 is 25.1. The SMILES string of the molecule is CC[C@@H](C(=O)NCC(C)C)N(Cc1c(Cl)cccc1Cl)C(=O)CN(c1cccc(Cl)c1Cl)S(C)(=O)=O. The van der Waals surface area contributed by atoms with Gasteiger partial charge in [-0.2, -0.15) is 0 Å². The van der Waals surface area contributed by atoms with Gasteiger partial charge >= 0.3 is 0 Å². The molecule has 0 aromatic heterocycles. The van der Waals surface area contributed by atoms with E-state index in [1.165, 1.54) is 23.1 Å². The summed E-state index contributed by atoms with van der Waals surface area (Å²) in [6.07, 6.45) is 1.23. The fourth-order valence-electron chi connectivity index (χ4n) is 3.48. The number of halogens is 4. The van der Waals surface area contributed by atoms with E-state index in [0.717, 1.165) is 10.6 Å². The summed E-state index contributed by atoms with van der Waals surface area (Å²) in [6, 6.07) is 8.50. The lowest BCUT2D eigenvalue weighted by atomic mass is 10.1. The minimum Gasteiger partial charge on any atom is -0.354 e. The molecule has 2 aromatic rings. The highest BCUT2D eigenvalue weighted by atomic mass is 35.5. The van der Waals surface area contributed by atoms with Crippen molar-refractivity contribution in [2.24, 2.45) is 5.92 Å². The van der Waals surface area contributed by atoms with Gasteiger partial charge in [-0.25, -0.2) is 8.42 Å². The molecule has 198 valence electrons. The van der Waals surface area contributed by atoms with E-state index in [-0.39, 0.29) is 40.5 Å². The van der Waals surface area contributed by atoms with E-state index in [4.69, 9.17) is 46.4 Å². The Hall–Kier alpha value is -1.71. The second kappa shape index (κ2) is 13.2. The Balaban J connectivity index is 2.53. The number of nitrogens with zero attached hydrogens (tertiary/aromatic N) is 2. The first kappa shape index (κ1) is 30.5. The van der Waals surface area contributed by atoms with E-state index in [1.54, 1.807) is 25.1 Å². The average molecular weight is 597 g/mol. The van der Waals surface area contributed by atoms with Gasteiger partial charge in [0.05, 0.1) is 22.0 Å². The molecule has 0 aliphatic heterocycles. The fraction of sp³-hybridized carbons (Fsp3) is 0.417. The number of anilines is 1. The third-order valence-corrected chi connectivity index (χ3v) is 7.98. The summed E-state index contributed by atoms with van der Waals surface area (Å²) < 4.78 is 26.3. The molecule has 0 fully saturated rings. The Morgan fingerprint density at radius 3 is 2.06 bits per heavy atom. The van der Waals surface area contributed by atoms with Crippen LogP contribution in [0.2, 0.25) is 20.1 Å². The summed E-state index contributed by atoms with van der Waals surface area (Å²) in [7, 11) is -3.96. The summed E-state index contributed by atoms with van der Waals surface area (Å²) in [5.41, 5.74) is 0.490. The zero-order valence-electron chi connectivity index (χ0n) is 20.4. The molecule has 0 heterocycles. The maximum atomic E-state index is 13.7. The minimum atomic E-state index is -3.96. The second-order valence-electron chi connectivity index (χ2n) is 8.63. The zero-order chi connectivity index (χ0) is 27.2. The van der Waals surface area contributed by atoms with Crippen LogP contribution in [0.25, 0.3) is 0 Å². The molecule has 0 aliphatic rings. The number of amides is 2. The van der Waals surface area contributed by atoms with Crippen LogP contribution in [-0.2, 0) is 26.2 Å². The maximum absolute atomic E-state index is 13.7. The van der Waals surface area contributed by atoms with E-state index in [9.17, 15) is 18.0 Å². The van der Waals surface area contributed by atoms with Crippen molar-refractivity contribution in [2.75, 3.05) is 23.7 Å². The number of sulfonamides is 1. The maximum Gasteiger partial charge on any atom is 0.244 e. The van der Waals surface area contributed by atoms with Gasteiger partial charge in [0.15, 0.2) is 0 Å². The van der Waals surface area contributed by atoms with Crippen LogP contribution in [0.4, 0.5) is 5.69 Å².